The molecule has 0 N–H and O–H groups in total. The number of benzene rings is 1. The van der Waals surface area contributed by atoms with Crippen LogP contribution in [0.3, 0.4) is 0 Å². The van der Waals surface area contributed by atoms with Gasteiger partial charge in [0.25, 0.3) is 0 Å². The summed E-state index contributed by atoms with van der Waals surface area (Å²) in [6, 6.07) is 8.55. The van der Waals surface area contributed by atoms with Gasteiger partial charge in [-0.05, 0) is 51.0 Å². The second kappa shape index (κ2) is 9.26. The van der Waals surface area contributed by atoms with Gasteiger partial charge in [0, 0.05) is 35.1 Å². The maximum atomic E-state index is 12.5. The van der Waals surface area contributed by atoms with Crippen molar-refractivity contribution in [1.29, 1.82) is 0 Å². The molecule has 1 fully saturated rings. The van der Waals surface area contributed by atoms with Gasteiger partial charge in [0.2, 0.25) is 5.78 Å². The minimum absolute atomic E-state index is 0.189. The Hall–Kier alpha value is -2.31. The van der Waals surface area contributed by atoms with Crippen molar-refractivity contribution in [2.45, 2.75) is 39.3 Å². The van der Waals surface area contributed by atoms with E-state index in [4.69, 9.17) is 25.8 Å². The Kier molecular flexibility index (Phi) is 6.75. The molecule has 2 heterocycles. The summed E-state index contributed by atoms with van der Waals surface area (Å²) in [5.74, 6) is -0.377. The molecule has 1 aromatic carbocycles. The number of esters is 1. The fourth-order valence-corrected chi connectivity index (χ4v) is 3.50. The number of carbonyl (C=O) groups is 2. The van der Waals surface area contributed by atoms with E-state index in [1.54, 1.807) is 24.3 Å². The number of rotatable bonds is 8. The highest BCUT2D eigenvalue weighted by atomic mass is 35.5. The van der Waals surface area contributed by atoms with Gasteiger partial charge in [0.05, 0.1) is 6.10 Å². The van der Waals surface area contributed by atoms with Gasteiger partial charge < -0.3 is 18.8 Å². The molecule has 1 aromatic heterocycles. The molecule has 1 saturated heterocycles. The normalized spacial score (nSPS) is 16.2. The fraction of sp³-hybridized carbons (Fsp3) is 0.429. The lowest BCUT2D eigenvalue weighted by atomic mass is 10.1. The van der Waals surface area contributed by atoms with Gasteiger partial charge in [-0.2, -0.15) is 0 Å². The molecule has 0 radical (unpaired) electrons. The smallest absolute Gasteiger partial charge is 0.344 e. The summed E-state index contributed by atoms with van der Waals surface area (Å²) in [6.07, 6.45) is 2.29. The van der Waals surface area contributed by atoms with E-state index in [0.717, 1.165) is 37.4 Å². The maximum Gasteiger partial charge on any atom is 0.344 e. The molecule has 6 nitrogen and oxygen atoms in total. The predicted molar refractivity (Wildman–Crippen MR) is 105 cm³/mol. The zero-order chi connectivity index (χ0) is 20.1. The van der Waals surface area contributed by atoms with Crippen molar-refractivity contribution >= 4 is 23.4 Å². The molecule has 7 heteroatoms. The Bertz CT molecular complexity index is 854. The largest absolute Gasteiger partial charge is 0.482 e. The van der Waals surface area contributed by atoms with Crippen molar-refractivity contribution in [1.82, 2.24) is 4.57 Å². The summed E-state index contributed by atoms with van der Waals surface area (Å²) >= 11 is 5.86. The van der Waals surface area contributed by atoms with Gasteiger partial charge in [0.1, 0.15) is 5.75 Å². The van der Waals surface area contributed by atoms with E-state index in [-0.39, 0.29) is 25.1 Å². The fourth-order valence-electron chi connectivity index (χ4n) is 3.32. The van der Waals surface area contributed by atoms with E-state index in [2.05, 4.69) is 4.57 Å². The first kappa shape index (κ1) is 20.4. The highest BCUT2D eigenvalue weighted by Gasteiger charge is 2.21. The lowest BCUT2D eigenvalue weighted by Gasteiger charge is -2.14. The van der Waals surface area contributed by atoms with E-state index < -0.39 is 5.97 Å². The van der Waals surface area contributed by atoms with Crippen molar-refractivity contribution in [3.05, 3.63) is 52.3 Å². The predicted octanol–water partition coefficient (Wildman–Crippen LogP) is 3.74. The SMILES string of the molecule is Cc1cc(C(=O)COC(=O)COc2cccc(Cl)c2)c(C)n1C[C@H]1CCCO1. The third-order valence-corrected chi connectivity index (χ3v) is 5.04. The van der Waals surface area contributed by atoms with Crippen molar-refractivity contribution < 1.29 is 23.8 Å². The van der Waals surface area contributed by atoms with Crippen molar-refractivity contribution in [3.8, 4) is 5.75 Å². The van der Waals surface area contributed by atoms with Gasteiger partial charge in [-0.15, -0.1) is 0 Å². The molecule has 0 spiro atoms. The molecule has 3 rings (SSSR count). The first-order valence-electron chi connectivity index (χ1n) is 9.29. The summed E-state index contributed by atoms with van der Waals surface area (Å²) in [5, 5.41) is 0.513. The topological polar surface area (TPSA) is 66.8 Å². The molecule has 1 aliphatic heterocycles. The molecule has 0 unspecified atom stereocenters. The molecular formula is C21H24ClNO5. The van der Waals surface area contributed by atoms with Crippen LogP contribution in [-0.4, -0.2) is 42.2 Å². The summed E-state index contributed by atoms with van der Waals surface area (Å²) in [7, 11) is 0. The van der Waals surface area contributed by atoms with Crippen LogP contribution in [0, 0.1) is 13.8 Å². The van der Waals surface area contributed by atoms with E-state index >= 15 is 0 Å². The van der Waals surface area contributed by atoms with E-state index in [9.17, 15) is 9.59 Å². The van der Waals surface area contributed by atoms with E-state index in [0.29, 0.717) is 16.3 Å². The van der Waals surface area contributed by atoms with Crippen LogP contribution in [0.15, 0.2) is 30.3 Å². The van der Waals surface area contributed by atoms with Crippen molar-refractivity contribution in [2.75, 3.05) is 19.8 Å². The summed E-state index contributed by atoms with van der Waals surface area (Å²) in [6.45, 7) is 4.79. The first-order valence-corrected chi connectivity index (χ1v) is 9.67. The van der Waals surface area contributed by atoms with Crippen molar-refractivity contribution in [3.63, 3.8) is 0 Å². The molecule has 28 heavy (non-hydrogen) atoms. The second-order valence-electron chi connectivity index (χ2n) is 6.86. The average molecular weight is 406 g/mol. The van der Waals surface area contributed by atoms with Crippen LogP contribution in [0.2, 0.25) is 5.02 Å². The van der Waals surface area contributed by atoms with Crippen molar-refractivity contribution in [2.24, 2.45) is 0 Å². The summed E-state index contributed by atoms with van der Waals surface area (Å²) in [4.78, 5) is 24.4. The Morgan fingerprint density at radius 3 is 2.79 bits per heavy atom. The van der Waals surface area contributed by atoms with Crippen LogP contribution in [-0.2, 0) is 20.8 Å². The van der Waals surface area contributed by atoms with Gasteiger partial charge in [0.15, 0.2) is 13.2 Å². The van der Waals surface area contributed by atoms with Crippen LogP contribution < -0.4 is 4.74 Å². The quantitative estimate of drug-likeness (QED) is 0.494. The zero-order valence-electron chi connectivity index (χ0n) is 16.1. The van der Waals surface area contributed by atoms with Gasteiger partial charge in [-0.3, -0.25) is 4.79 Å². The monoisotopic (exact) mass is 405 g/mol. The molecule has 0 saturated carbocycles. The molecule has 150 valence electrons. The third-order valence-electron chi connectivity index (χ3n) is 4.80. The van der Waals surface area contributed by atoms with Crippen LogP contribution in [0.5, 0.6) is 5.75 Å². The molecule has 2 aromatic rings. The number of ketones is 1. The molecule has 0 bridgehead atoms. The zero-order valence-corrected chi connectivity index (χ0v) is 16.8. The second-order valence-corrected chi connectivity index (χ2v) is 7.30. The Balaban J connectivity index is 1.52. The summed E-state index contributed by atoms with van der Waals surface area (Å²) < 4.78 is 18.2. The maximum absolute atomic E-state index is 12.5. The lowest BCUT2D eigenvalue weighted by Crippen LogP contribution is -2.20. The van der Waals surface area contributed by atoms with E-state index in [1.807, 2.05) is 19.9 Å². The highest BCUT2D eigenvalue weighted by molar-refractivity contribution is 6.30. The Morgan fingerprint density at radius 2 is 2.07 bits per heavy atom. The van der Waals surface area contributed by atoms with Crippen LogP contribution in [0.25, 0.3) is 0 Å². The third kappa shape index (κ3) is 5.14. The standard InChI is InChI=1S/C21H24ClNO5/c1-14-9-19(15(2)23(14)11-18-7-4-8-26-18)20(24)12-28-21(25)13-27-17-6-3-5-16(22)10-17/h3,5-6,9-10,18H,4,7-8,11-13H2,1-2H3/t18-/m1/s1. The number of hydrogen-bond donors (Lipinski definition) is 0. The Labute approximate surface area is 169 Å². The lowest BCUT2D eigenvalue weighted by molar-refractivity contribution is -0.144. The number of nitrogens with zero attached hydrogens (tertiary/aromatic N) is 1. The number of carbonyl (C=O) groups excluding carboxylic acids is 2. The summed E-state index contributed by atoms with van der Waals surface area (Å²) in [5.41, 5.74) is 2.43. The number of halogens is 1. The minimum atomic E-state index is -0.610. The number of Topliss-reactive ketones (excluding diaryl/α,β-unsaturated/α-hetero) is 1. The van der Waals surface area contributed by atoms with Crippen LogP contribution in [0.4, 0.5) is 0 Å². The number of ether oxygens (including phenoxy) is 3. The van der Waals surface area contributed by atoms with Crippen LogP contribution in [0.1, 0.15) is 34.6 Å². The number of aryl methyl sites for hydroxylation is 1. The minimum Gasteiger partial charge on any atom is -0.482 e. The Morgan fingerprint density at radius 1 is 1.25 bits per heavy atom. The molecular weight excluding hydrogens is 382 g/mol. The first-order chi connectivity index (χ1) is 13.4. The van der Waals surface area contributed by atoms with E-state index in [1.165, 1.54) is 0 Å². The van der Waals surface area contributed by atoms with Gasteiger partial charge in [-0.1, -0.05) is 17.7 Å². The number of aromatic nitrogens is 1. The molecule has 1 aliphatic rings. The average Bonchev–Trinajstić information content (AvgIpc) is 3.28. The highest BCUT2D eigenvalue weighted by Crippen LogP contribution is 2.21. The molecule has 0 aliphatic carbocycles. The molecule has 1 atom stereocenters. The van der Waals surface area contributed by atoms with Gasteiger partial charge >= 0.3 is 5.97 Å². The number of hydrogen-bond acceptors (Lipinski definition) is 5. The van der Waals surface area contributed by atoms with Gasteiger partial charge in [-0.25, -0.2) is 4.79 Å². The van der Waals surface area contributed by atoms with Crippen LogP contribution >= 0.6 is 11.6 Å². The molecule has 0 amide bonds.